The maximum atomic E-state index is 9.18. The van der Waals surface area contributed by atoms with Crippen LogP contribution in [0.1, 0.15) is 20.8 Å². The van der Waals surface area contributed by atoms with Crippen LogP contribution >= 0.6 is 0 Å². The van der Waals surface area contributed by atoms with Gasteiger partial charge >= 0.3 is 0 Å². The standard InChI is InChI=1S/C7H15NO2/c1-4-10-7(8)6(9)5(2)3/h5-6,8-9H,4H2,1-3H3. The van der Waals surface area contributed by atoms with Crippen molar-refractivity contribution in [3.63, 3.8) is 0 Å². The Balaban J connectivity index is 3.71. The number of hydrogen-bond acceptors (Lipinski definition) is 3. The molecule has 0 radical (unpaired) electrons. The highest BCUT2D eigenvalue weighted by atomic mass is 16.5. The summed E-state index contributed by atoms with van der Waals surface area (Å²) in [7, 11) is 0. The zero-order valence-electron chi connectivity index (χ0n) is 6.72. The minimum absolute atomic E-state index is 0.0301. The maximum absolute atomic E-state index is 9.18. The SMILES string of the molecule is CCOC(=N)C(O)C(C)C. The summed E-state index contributed by atoms with van der Waals surface area (Å²) in [5.41, 5.74) is 0. The monoisotopic (exact) mass is 145 g/mol. The highest BCUT2D eigenvalue weighted by molar-refractivity contribution is 5.77. The van der Waals surface area contributed by atoms with Crippen molar-refractivity contribution < 1.29 is 9.84 Å². The van der Waals surface area contributed by atoms with Gasteiger partial charge in [-0.2, -0.15) is 0 Å². The first kappa shape index (κ1) is 9.43. The third-order valence-electron chi connectivity index (χ3n) is 1.20. The molecule has 0 saturated heterocycles. The summed E-state index contributed by atoms with van der Waals surface area (Å²) in [6.07, 6.45) is -0.750. The minimum Gasteiger partial charge on any atom is -0.480 e. The van der Waals surface area contributed by atoms with Crippen molar-refractivity contribution >= 4 is 5.90 Å². The number of nitrogens with one attached hydrogen (secondary N) is 1. The lowest BCUT2D eigenvalue weighted by Crippen LogP contribution is -2.27. The Hall–Kier alpha value is -0.570. The van der Waals surface area contributed by atoms with E-state index >= 15 is 0 Å². The van der Waals surface area contributed by atoms with Gasteiger partial charge in [0.25, 0.3) is 0 Å². The van der Waals surface area contributed by atoms with E-state index in [4.69, 9.17) is 10.1 Å². The predicted molar refractivity (Wildman–Crippen MR) is 40.2 cm³/mol. The lowest BCUT2D eigenvalue weighted by molar-refractivity contribution is 0.149. The topological polar surface area (TPSA) is 53.3 Å². The quantitative estimate of drug-likeness (QED) is 0.460. The van der Waals surface area contributed by atoms with Crippen LogP contribution in [0.15, 0.2) is 0 Å². The van der Waals surface area contributed by atoms with Crippen LogP contribution < -0.4 is 0 Å². The molecular weight excluding hydrogens is 130 g/mol. The molecule has 3 nitrogen and oxygen atoms in total. The third kappa shape index (κ3) is 2.82. The number of aliphatic hydroxyl groups is 1. The van der Waals surface area contributed by atoms with Gasteiger partial charge in [-0.25, -0.2) is 0 Å². The largest absolute Gasteiger partial charge is 0.480 e. The van der Waals surface area contributed by atoms with Crippen LogP contribution in [-0.2, 0) is 4.74 Å². The van der Waals surface area contributed by atoms with Crippen LogP contribution in [0, 0.1) is 11.3 Å². The smallest absolute Gasteiger partial charge is 0.210 e. The van der Waals surface area contributed by atoms with Crippen LogP contribution in [0.4, 0.5) is 0 Å². The van der Waals surface area contributed by atoms with E-state index in [0.717, 1.165) is 0 Å². The van der Waals surface area contributed by atoms with Gasteiger partial charge in [0.15, 0.2) is 0 Å². The highest BCUT2D eigenvalue weighted by Gasteiger charge is 2.15. The molecule has 10 heavy (non-hydrogen) atoms. The first-order chi connectivity index (χ1) is 4.59. The van der Waals surface area contributed by atoms with Gasteiger partial charge in [-0.1, -0.05) is 13.8 Å². The van der Waals surface area contributed by atoms with E-state index in [1.54, 1.807) is 6.92 Å². The van der Waals surface area contributed by atoms with Gasteiger partial charge in [0.2, 0.25) is 5.90 Å². The zero-order valence-corrected chi connectivity index (χ0v) is 6.72. The second-order valence-electron chi connectivity index (χ2n) is 2.49. The molecule has 2 N–H and O–H groups in total. The van der Waals surface area contributed by atoms with E-state index in [0.29, 0.717) is 6.61 Å². The van der Waals surface area contributed by atoms with E-state index in [-0.39, 0.29) is 11.8 Å². The molecule has 0 aromatic carbocycles. The van der Waals surface area contributed by atoms with Crippen molar-refractivity contribution in [1.29, 1.82) is 5.41 Å². The Morgan fingerprint density at radius 1 is 1.60 bits per heavy atom. The van der Waals surface area contributed by atoms with Gasteiger partial charge < -0.3 is 9.84 Å². The Morgan fingerprint density at radius 3 is 2.40 bits per heavy atom. The fraction of sp³-hybridized carbons (Fsp3) is 0.857. The highest BCUT2D eigenvalue weighted by Crippen LogP contribution is 2.02. The molecule has 0 bridgehead atoms. The van der Waals surface area contributed by atoms with Crippen molar-refractivity contribution in [3.8, 4) is 0 Å². The van der Waals surface area contributed by atoms with Gasteiger partial charge in [0.1, 0.15) is 6.10 Å². The lowest BCUT2D eigenvalue weighted by atomic mass is 10.1. The molecule has 0 spiro atoms. The molecule has 0 saturated carbocycles. The van der Waals surface area contributed by atoms with Crippen molar-refractivity contribution in [2.75, 3.05) is 6.61 Å². The Morgan fingerprint density at radius 2 is 2.10 bits per heavy atom. The van der Waals surface area contributed by atoms with E-state index in [9.17, 15) is 5.11 Å². The van der Waals surface area contributed by atoms with Gasteiger partial charge in [0, 0.05) is 0 Å². The Labute approximate surface area is 61.5 Å². The molecule has 1 atom stereocenters. The van der Waals surface area contributed by atoms with Crippen LogP contribution in [0.3, 0.4) is 0 Å². The van der Waals surface area contributed by atoms with Crippen molar-refractivity contribution in [2.45, 2.75) is 26.9 Å². The molecule has 0 fully saturated rings. The number of rotatable bonds is 3. The van der Waals surface area contributed by atoms with Crippen LogP contribution in [0.25, 0.3) is 0 Å². The summed E-state index contributed by atoms with van der Waals surface area (Å²) in [6, 6.07) is 0. The zero-order chi connectivity index (χ0) is 8.15. The van der Waals surface area contributed by atoms with E-state index < -0.39 is 6.10 Å². The Bertz CT molecular complexity index is 112. The van der Waals surface area contributed by atoms with Crippen LogP contribution in [0.2, 0.25) is 0 Å². The van der Waals surface area contributed by atoms with Gasteiger partial charge in [-0.05, 0) is 12.8 Å². The summed E-state index contributed by atoms with van der Waals surface area (Å²) in [5.74, 6) is 0.0246. The molecule has 3 heteroatoms. The molecule has 0 heterocycles. The summed E-state index contributed by atoms with van der Waals surface area (Å²) < 4.78 is 4.80. The molecule has 60 valence electrons. The summed E-state index contributed by atoms with van der Waals surface area (Å²) >= 11 is 0. The van der Waals surface area contributed by atoms with E-state index in [1.807, 2.05) is 13.8 Å². The van der Waals surface area contributed by atoms with E-state index in [1.165, 1.54) is 0 Å². The summed E-state index contributed by atoms with van der Waals surface area (Å²) in [5, 5.41) is 16.3. The number of ether oxygens (including phenoxy) is 1. The fourth-order valence-corrected chi connectivity index (χ4v) is 0.544. The second-order valence-corrected chi connectivity index (χ2v) is 2.49. The normalized spacial score (nSPS) is 13.3. The molecule has 1 unspecified atom stereocenters. The molecule has 0 aromatic rings. The molecule has 0 rings (SSSR count). The average molecular weight is 145 g/mol. The maximum Gasteiger partial charge on any atom is 0.210 e. The molecule has 0 aliphatic rings. The van der Waals surface area contributed by atoms with Gasteiger partial charge in [-0.3, -0.25) is 5.41 Å². The Kier molecular flexibility index (Phi) is 4.03. The third-order valence-corrected chi connectivity index (χ3v) is 1.20. The first-order valence-corrected chi connectivity index (χ1v) is 3.48. The van der Waals surface area contributed by atoms with Crippen molar-refractivity contribution in [1.82, 2.24) is 0 Å². The van der Waals surface area contributed by atoms with Crippen LogP contribution in [0.5, 0.6) is 0 Å². The molecular formula is C7H15NO2. The number of aliphatic hydroxyl groups excluding tert-OH is 1. The first-order valence-electron chi connectivity index (χ1n) is 3.48. The molecule has 0 aromatic heterocycles. The number of hydrogen-bond donors (Lipinski definition) is 2. The minimum atomic E-state index is -0.750. The summed E-state index contributed by atoms with van der Waals surface area (Å²) in [6.45, 7) is 5.93. The summed E-state index contributed by atoms with van der Waals surface area (Å²) in [4.78, 5) is 0. The van der Waals surface area contributed by atoms with Crippen LogP contribution in [-0.4, -0.2) is 23.7 Å². The van der Waals surface area contributed by atoms with Gasteiger partial charge in [0.05, 0.1) is 6.61 Å². The van der Waals surface area contributed by atoms with Gasteiger partial charge in [-0.15, -0.1) is 0 Å². The molecule has 0 aliphatic carbocycles. The average Bonchev–Trinajstić information content (AvgIpc) is 1.87. The second kappa shape index (κ2) is 4.28. The molecule has 0 amide bonds. The van der Waals surface area contributed by atoms with Crippen molar-refractivity contribution in [2.24, 2.45) is 5.92 Å². The predicted octanol–water partition coefficient (Wildman–Crippen LogP) is 1.02. The van der Waals surface area contributed by atoms with Crippen molar-refractivity contribution in [3.05, 3.63) is 0 Å². The molecule has 0 aliphatic heterocycles. The fourth-order valence-electron chi connectivity index (χ4n) is 0.544. The lowest BCUT2D eigenvalue weighted by Gasteiger charge is -2.14. The van der Waals surface area contributed by atoms with E-state index in [2.05, 4.69) is 0 Å².